The Morgan fingerprint density at radius 2 is 1.85 bits per heavy atom. The second-order valence-corrected chi connectivity index (χ2v) is 8.65. The first-order valence-corrected chi connectivity index (χ1v) is 10.5. The summed E-state index contributed by atoms with van der Waals surface area (Å²) < 4.78 is 0. The quantitative estimate of drug-likeness (QED) is 0.800. The van der Waals surface area contributed by atoms with Crippen LogP contribution in [0.25, 0.3) is 10.6 Å². The highest BCUT2D eigenvalue weighted by atomic mass is 32.1. The highest BCUT2D eigenvalue weighted by Crippen LogP contribution is 2.31. The first-order chi connectivity index (χ1) is 12.6. The van der Waals surface area contributed by atoms with Gasteiger partial charge in [0.1, 0.15) is 5.01 Å². The van der Waals surface area contributed by atoms with Crippen LogP contribution in [0.3, 0.4) is 0 Å². The minimum atomic E-state index is 0.338. The lowest BCUT2D eigenvalue weighted by Gasteiger charge is -2.34. The van der Waals surface area contributed by atoms with Crippen LogP contribution in [0.5, 0.6) is 0 Å². The standard InChI is InChI=1S/C21H27N3OS/c1-15(2)16-3-5-17(6-4-16)20-22-19(14-26-20)13-23-9-11-24(12-10-23)21(25)18-7-8-18/h3-6,14-15,18H,7-13H2,1-2H3. The van der Waals surface area contributed by atoms with E-state index in [9.17, 15) is 4.79 Å². The van der Waals surface area contributed by atoms with E-state index in [0.717, 1.165) is 56.3 Å². The van der Waals surface area contributed by atoms with Crippen LogP contribution in [-0.4, -0.2) is 46.9 Å². The van der Waals surface area contributed by atoms with E-state index in [0.29, 0.717) is 17.7 Å². The van der Waals surface area contributed by atoms with Gasteiger partial charge < -0.3 is 4.90 Å². The van der Waals surface area contributed by atoms with Gasteiger partial charge in [0.25, 0.3) is 0 Å². The number of rotatable bonds is 5. The Morgan fingerprint density at radius 1 is 1.15 bits per heavy atom. The van der Waals surface area contributed by atoms with Gasteiger partial charge in [0.05, 0.1) is 5.69 Å². The SMILES string of the molecule is CC(C)c1ccc(-c2nc(CN3CCN(C(=O)C4CC4)CC3)cs2)cc1. The van der Waals surface area contributed by atoms with Crippen LogP contribution in [0, 0.1) is 5.92 Å². The highest BCUT2D eigenvalue weighted by Gasteiger charge is 2.34. The molecule has 0 bridgehead atoms. The van der Waals surface area contributed by atoms with Gasteiger partial charge >= 0.3 is 0 Å². The smallest absolute Gasteiger partial charge is 0.225 e. The predicted octanol–water partition coefficient (Wildman–Crippen LogP) is 3.99. The number of nitrogens with zero attached hydrogens (tertiary/aromatic N) is 3. The normalized spacial score (nSPS) is 18.5. The fourth-order valence-corrected chi connectivity index (χ4v) is 4.28. The second kappa shape index (κ2) is 7.49. The van der Waals surface area contributed by atoms with Gasteiger partial charge in [0, 0.05) is 49.6 Å². The summed E-state index contributed by atoms with van der Waals surface area (Å²) in [6.07, 6.45) is 2.19. The van der Waals surface area contributed by atoms with Crippen LogP contribution in [0.2, 0.25) is 0 Å². The number of carbonyl (C=O) groups excluding carboxylic acids is 1. The number of carbonyl (C=O) groups is 1. The molecule has 1 amide bonds. The molecular weight excluding hydrogens is 342 g/mol. The molecule has 0 N–H and O–H groups in total. The zero-order valence-corrected chi connectivity index (χ0v) is 16.5. The largest absolute Gasteiger partial charge is 0.340 e. The van der Waals surface area contributed by atoms with Crippen LogP contribution >= 0.6 is 11.3 Å². The molecule has 5 heteroatoms. The van der Waals surface area contributed by atoms with E-state index in [1.807, 2.05) is 0 Å². The Kier molecular flexibility index (Phi) is 5.09. The van der Waals surface area contributed by atoms with Crippen molar-refractivity contribution in [1.29, 1.82) is 0 Å². The molecule has 4 rings (SSSR count). The average Bonchev–Trinajstić information content (AvgIpc) is 3.41. The summed E-state index contributed by atoms with van der Waals surface area (Å²) in [6.45, 7) is 8.95. The minimum Gasteiger partial charge on any atom is -0.340 e. The van der Waals surface area contributed by atoms with Crippen molar-refractivity contribution in [2.45, 2.75) is 39.2 Å². The summed E-state index contributed by atoms with van der Waals surface area (Å²) in [5.41, 5.74) is 3.70. The zero-order chi connectivity index (χ0) is 18.1. The maximum atomic E-state index is 12.1. The molecule has 4 nitrogen and oxygen atoms in total. The van der Waals surface area contributed by atoms with E-state index in [-0.39, 0.29) is 0 Å². The van der Waals surface area contributed by atoms with E-state index in [2.05, 4.69) is 53.3 Å². The first kappa shape index (κ1) is 17.7. The molecule has 138 valence electrons. The molecule has 0 radical (unpaired) electrons. The fourth-order valence-electron chi connectivity index (χ4n) is 3.47. The third-order valence-corrected chi connectivity index (χ3v) is 6.31. The van der Waals surface area contributed by atoms with E-state index < -0.39 is 0 Å². The van der Waals surface area contributed by atoms with E-state index in [4.69, 9.17) is 4.98 Å². The van der Waals surface area contributed by atoms with Crippen molar-refractivity contribution >= 4 is 17.2 Å². The zero-order valence-electron chi connectivity index (χ0n) is 15.6. The molecule has 0 spiro atoms. The Labute approximate surface area is 159 Å². The molecule has 1 aromatic carbocycles. The van der Waals surface area contributed by atoms with Gasteiger partial charge in [-0.1, -0.05) is 38.1 Å². The van der Waals surface area contributed by atoms with Crippen molar-refractivity contribution in [3.05, 3.63) is 40.9 Å². The molecule has 1 aliphatic carbocycles. The lowest BCUT2D eigenvalue weighted by Crippen LogP contribution is -2.48. The molecule has 1 aliphatic heterocycles. The number of aromatic nitrogens is 1. The minimum absolute atomic E-state index is 0.338. The number of hydrogen-bond donors (Lipinski definition) is 0. The van der Waals surface area contributed by atoms with Gasteiger partial charge in [-0.2, -0.15) is 0 Å². The summed E-state index contributed by atoms with van der Waals surface area (Å²) in [7, 11) is 0. The molecule has 2 fully saturated rings. The second-order valence-electron chi connectivity index (χ2n) is 7.80. The van der Waals surface area contributed by atoms with Gasteiger partial charge in [0.15, 0.2) is 0 Å². The van der Waals surface area contributed by atoms with E-state index >= 15 is 0 Å². The van der Waals surface area contributed by atoms with Crippen molar-refractivity contribution in [1.82, 2.24) is 14.8 Å². The number of piperazine rings is 1. The van der Waals surface area contributed by atoms with E-state index in [1.165, 1.54) is 11.1 Å². The summed E-state index contributed by atoms with van der Waals surface area (Å²) >= 11 is 1.72. The van der Waals surface area contributed by atoms with Crippen molar-refractivity contribution in [3.63, 3.8) is 0 Å². The Morgan fingerprint density at radius 3 is 2.46 bits per heavy atom. The molecule has 1 saturated carbocycles. The predicted molar refractivity (Wildman–Crippen MR) is 106 cm³/mol. The van der Waals surface area contributed by atoms with Crippen LogP contribution in [0.4, 0.5) is 0 Å². The Bertz CT molecular complexity index is 756. The maximum Gasteiger partial charge on any atom is 0.225 e. The maximum absolute atomic E-state index is 12.1. The molecule has 0 atom stereocenters. The van der Waals surface area contributed by atoms with Crippen LogP contribution in [-0.2, 0) is 11.3 Å². The van der Waals surface area contributed by atoms with Gasteiger partial charge in [-0.3, -0.25) is 9.69 Å². The van der Waals surface area contributed by atoms with Crippen LogP contribution in [0.15, 0.2) is 29.6 Å². The van der Waals surface area contributed by atoms with Crippen molar-refractivity contribution in [2.24, 2.45) is 5.92 Å². The third-order valence-electron chi connectivity index (χ3n) is 5.37. The van der Waals surface area contributed by atoms with E-state index in [1.54, 1.807) is 11.3 Å². The molecule has 26 heavy (non-hydrogen) atoms. The number of benzene rings is 1. The van der Waals surface area contributed by atoms with Crippen molar-refractivity contribution in [3.8, 4) is 10.6 Å². The lowest BCUT2D eigenvalue weighted by atomic mass is 10.0. The van der Waals surface area contributed by atoms with Crippen molar-refractivity contribution < 1.29 is 4.79 Å². The van der Waals surface area contributed by atoms with Crippen LogP contribution in [0.1, 0.15) is 43.9 Å². The monoisotopic (exact) mass is 369 g/mol. The molecule has 2 aliphatic rings. The third kappa shape index (κ3) is 3.99. The molecular formula is C21H27N3OS. The topological polar surface area (TPSA) is 36.4 Å². The molecule has 1 aromatic heterocycles. The van der Waals surface area contributed by atoms with Gasteiger partial charge in [-0.05, 0) is 24.3 Å². The first-order valence-electron chi connectivity index (χ1n) is 9.66. The number of hydrogen-bond acceptors (Lipinski definition) is 4. The fraction of sp³-hybridized carbons (Fsp3) is 0.524. The van der Waals surface area contributed by atoms with Gasteiger partial charge in [0.2, 0.25) is 5.91 Å². The molecule has 1 saturated heterocycles. The average molecular weight is 370 g/mol. The summed E-state index contributed by atoms with van der Waals surface area (Å²) in [4.78, 5) is 21.5. The Balaban J connectivity index is 1.33. The highest BCUT2D eigenvalue weighted by molar-refractivity contribution is 7.13. The molecule has 2 heterocycles. The number of thiazole rings is 1. The van der Waals surface area contributed by atoms with Crippen LogP contribution < -0.4 is 0 Å². The molecule has 0 unspecified atom stereocenters. The Hall–Kier alpha value is -1.72. The summed E-state index contributed by atoms with van der Waals surface area (Å²) in [5.74, 6) is 1.27. The lowest BCUT2D eigenvalue weighted by molar-refractivity contribution is -0.134. The summed E-state index contributed by atoms with van der Waals surface area (Å²) in [6, 6.07) is 8.77. The van der Waals surface area contributed by atoms with Gasteiger partial charge in [-0.25, -0.2) is 4.98 Å². The molecule has 2 aromatic rings. The van der Waals surface area contributed by atoms with Gasteiger partial charge in [-0.15, -0.1) is 11.3 Å². The van der Waals surface area contributed by atoms with Crippen molar-refractivity contribution in [2.75, 3.05) is 26.2 Å². The summed E-state index contributed by atoms with van der Waals surface area (Å²) in [5, 5.41) is 3.27. The number of amides is 1.